The lowest BCUT2D eigenvalue weighted by molar-refractivity contribution is 0.0776. The van der Waals surface area contributed by atoms with E-state index in [9.17, 15) is 4.79 Å². The fourth-order valence-corrected chi connectivity index (χ4v) is 1.50. The van der Waals surface area contributed by atoms with Gasteiger partial charge in [0.2, 0.25) is 0 Å². The Hall–Kier alpha value is -1.52. The van der Waals surface area contributed by atoms with Gasteiger partial charge in [-0.3, -0.25) is 9.48 Å². The number of hydrogen-bond donors (Lipinski definition) is 1. The average Bonchev–Trinajstić information content (AvgIpc) is 2.58. The van der Waals surface area contributed by atoms with E-state index in [0.29, 0.717) is 17.3 Å². The van der Waals surface area contributed by atoms with Crippen molar-refractivity contribution in [3.05, 3.63) is 11.8 Å². The van der Waals surface area contributed by atoms with Crippen molar-refractivity contribution in [2.24, 2.45) is 13.0 Å². The van der Waals surface area contributed by atoms with Crippen LogP contribution in [0.2, 0.25) is 0 Å². The van der Waals surface area contributed by atoms with Gasteiger partial charge < -0.3 is 10.6 Å². The lowest BCUT2D eigenvalue weighted by Gasteiger charge is -2.20. The first-order valence-electron chi connectivity index (χ1n) is 5.50. The normalized spacial score (nSPS) is 12.5. The van der Waals surface area contributed by atoms with Crippen molar-refractivity contribution >= 4 is 11.7 Å². The molecule has 1 heterocycles. The zero-order chi connectivity index (χ0) is 12.3. The largest absolute Gasteiger partial charge is 0.383 e. The SMILES string of the molecule is CCC(C)CN(C)C(=O)c1cnn(C)c1N. The zero-order valence-electron chi connectivity index (χ0n) is 10.4. The molecule has 1 amide bonds. The van der Waals surface area contributed by atoms with Crippen LogP contribution in [-0.4, -0.2) is 34.2 Å². The third kappa shape index (κ3) is 2.53. The number of rotatable bonds is 4. The minimum atomic E-state index is -0.0640. The molecule has 0 aliphatic carbocycles. The molecule has 0 aromatic carbocycles. The monoisotopic (exact) mass is 224 g/mol. The molecule has 1 rings (SSSR count). The summed E-state index contributed by atoms with van der Waals surface area (Å²) >= 11 is 0. The summed E-state index contributed by atoms with van der Waals surface area (Å²) in [4.78, 5) is 13.7. The van der Waals surface area contributed by atoms with Crippen LogP contribution in [0.3, 0.4) is 0 Å². The Morgan fingerprint density at radius 1 is 1.69 bits per heavy atom. The lowest BCUT2D eigenvalue weighted by Crippen LogP contribution is -2.31. The van der Waals surface area contributed by atoms with Crippen molar-refractivity contribution in [2.75, 3.05) is 19.3 Å². The Labute approximate surface area is 96.2 Å². The summed E-state index contributed by atoms with van der Waals surface area (Å²) in [7, 11) is 3.52. The number of carbonyl (C=O) groups excluding carboxylic acids is 1. The molecule has 0 fully saturated rings. The molecule has 5 nitrogen and oxygen atoms in total. The topological polar surface area (TPSA) is 64.2 Å². The maximum Gasteiger partial charge on any atom is 0.258 e. The van der Waals surface area contributed by atoms with Gasteiger partial charge in [0.15, 0.2) is 0 Å². The Bertz CT molecular complexity index is 372. The van der Waals surface area contributed by atoms with Gasteiger partial charge in [-0.1, -0.05) is 20.3 Å². The minimum absolute atomic E-state index is 0.0640. The second kappa shape index (κ2) is 5.01. The van der Waals surface area contributed by atoms with Gasteiger partial charge in [0.25, 0.3) is 5.91 Å². The van der Waals surface area contributed by atoms with E-state index in [1.165, 1.54) is 10.9 Å². The summed E-state index contributed by atoms with van der Waals surface area (Å²) in [5.74, 6) is 0.846. The summed E-state index contributed by atoms with van der Waals surface area (Å²) in [5.41, 5.74) is 6.24. The van der Waals surface area contributed by atoms with Gasteiger partial charge in [-0.05, 0) is 5.92 Å². The maximum absolute atomic E-state index is 12.0. The number of amides is 1. The van der Waals surface area contributed by atoms with E-state index < -0.39 is 0 Å². The molecule has 1 aromatic heterocycles. The smallest absolute Gasteiger partial charge is 0.258 e. The highest BCUT2D eigenvalue weighted by Gasteiger charge is 2.18. The predicted molar refractivity (Wildman–Crippen MR) is 64.0 cm³/mol. The number of anilines is 1. The van der Waals surface area contributed by atoms with Gasteiger partial charge in [-0.2, -0.15) is 5.10 Å². The van der Waals surface area contributed by atoms with Crippen LogP contribution in [0.25, 0.3) is 0 Å². The van der Waals surface area contributed by atoms with Crippen molar-refractivity contribution in [3.63, 3.8) is 0 Å². The van der Waals surface area contributed by atoms with Crippen LogP contribution in [0.4, 0.5) is 5.82 Å². The van der Waals surface area contributed by atoms with Crippen LogP contribution in [0.15, 0.2) is 6.20 Å². The summed E-state index contributed by atoms with van der Waals surface area (Å²) in [6.45, 7) is 4.97. The maximum atomic E-state index is 12.0. The van der Waals surface area contributed by atoms with Crippen LogP contribution < -0.4 is 5.73 Å². The van der Waals surface area contributed by atoms with Crippen molar-refractivity contribution in [1.29, 1.82) is 0 Å². The summed E-state index contributed by atoms with van der Waals surface area (Å²) in [6.07, 6.45) is 2.57. The van der Waals surface area contributed by atoms with Crippen LogP contribution in [0, 0.1) is 5.92 Å². The Kier molecular flexibility index (Phi) is 3.93. The van der Waals surface area contributed by atoms with Crippen molar-refractivity contribution in [3.8, 4) is 0 Å². The molecule has 16 heavy (non-hydrogen) atoms. The Balaban J connectivity index is 2.74. The molecule has 1 unspecified atom stereocenters. The molecule has 90 valence electrons. The van der Waals surface area contributed by atoms with Gasteiger partial charge in [0, 0.05) is 20.6 Å². The van der Waals surface area contributed by atoms with Crippen molar-refractivity contribution in [1.82, 2.24) is 14.7 Å². The van der Waals surface area contributed by atoms with Gasteiger partial charge >= 0.3 is 0 Å². The van der Waals surface area contributed by atoms with Crippen molar-refractivity contribution in [2.45, 2.75) is 20.3 Å². The number of carbonyl (C=O) groups is 1. The Morgan fingerprint density at radius 3 is 2.75 bits per heavy atom. The van der Waals surface area contributed by atoms with Crippen LogP contribution in [0.5, 0.6) is 0 Å². The third-order valence-corrected chi connectivity index (χ3v) is 2.84. The fraction of sp³-hybridized carbons (Fsp3) is 0.636. The van der Waals surface area contributed by atoms with E-state index in [2.05, 4.69) is 18.9 Å². The van der Waals surface area contributed by atoms with E-state index in [-0.39, 0.29) is 5.91 Å². The highest BCUT2D eigenvalue weighted by Crippen LogP contribution is 2.13. The first kappa shape index (κ1) is 12.5. The zero-order valence-corrected chi connectivity index (χ0v) is 10.4. The molecule has 1 aromatic rings. The lowest BCUT2D eigenvalue weighted by atomic mass is 10.1. The second-order valence-corrected chi connectivity index (χ2v) is 4.27. The number of nitrogens with zero attached hydrogens (tertiary/aromatic N) is 3. The molecule has 0 bridgehead atoms. The van der Waals surface area contributed by atoms with E-state index >= 15 is 0 Å². The molecule has 0 aliphatic rings. The second-order valence-electron chi connectivity index (χ2n) is 4.27. The minimum Gasteiger partial charge on any atom is -0.383 e. The van der Waals surface area contributed by atoms with Crippen LogP contribution in [0.1, 0.15) is 30.6 Å². The summed E-state index contributed by atoms with van der Waals surface area (Å²) < 4.78 is 1.50. The van der Waals surface area contributed by atoms with E-state index in [1.54, 1.807) is 19.0 Å². The van der Waals surface area contributed by atoms with E-state index in [1.807, 2.05) is 0 Å². The average molecular weight is 224 g/mol. The van der Waals surface area contributed by atoms with Crippen LogP contribution in [-0.2, 0) is 7.05 Å². The summed E-state index contributed by atoms with van der Waals surface area (Å²) in [5, 5.41) is 3.96. The molecule has 0 saturated carbocycles. The van der Waals surface area contributed by atoms with E-state index in [4.69, 9.17) is 5.73 Å². The molecule has 1 atom stereocenters. The number of nitrogen functional groups attached to an aromatic ring is 1. The molecular formula is C11H20N4O. The molecule has 0 spiro atoms. The third-order valence-electron chi connectivity index (χ3n) is 2.84. The number of aryl methyl sites for hydroxylation is 1. The fourth-order valence-electron chi connectivity index (χ4n) is 1.50. The molecular weight excluding hydrogens is 204 g/mol. The van der Waals surface area contributed by atoms with E-state index in [0.717, 1.165) is 13.0 Å². The molecule has 0 radical (unpaired) electrons. The highest BCUT2D eigenvalue weighted by atomic mass is 16.2. The van der Waals surface area contributed by atoms with Gasteiger partial charge in [0.05, 0.1) is 6.20 Å². The predicted octanol–water partition coefficient (Wildman–Crippen LogP) is 1.12. The summed E-state index contributed by atoms with van der Waals surface area (Å²) in [6, 6.07) is 0. The molecule has 0 aliphatic heterocycles. The van der Waals surface area contributed by atoms with Crippen molar-refractivity contribution < 1.29 is 4.79 Å². The van der Waals surface area contributed by atoms with Gasteiger partial charge in [-0.15, -0.1) is 0 Å². The molecule has 5 heteroatoms. The molecule has 0 saturated heterocycles. The quantitative estimate of drug-likeness (QED) is 0.833. The molecule has 2 N–H and O–H groups in total. The van der Waals surface area contributed by atoms with Gasteiger partial charge in [0.1, 0.15) is 11.4 Å². The first-order valence-corrected chi connectivity index (χ1v) is 5.50. The Morgan fingerprint density at radius 2 is 2.31 bits per heavy atom. The first-order chi connectivity index (χ1) is 7.47. The highest BCUT2D eigenvalue weighted by molar-refractivity contribution is 5.98. The number of hydrogen-bond acceptors (Lipinski definition) is 3. The standard InChI is InChI=1S/C11H20N4O/c1-5-8(2)7-14(3)11(16)9-6-13-15(4)10(9)12/h6,8H,5,7,12H2,1-4H3. The number of nitrogens with two attached hydrogens (primary N) is 1. The number of aromatic nitrogens is 2. The van der Waals surface area contributed by atoms with Gasteiger partial charge in [-0.25, -0.2) is 0 Å². The van der Waals surface area contributed by atoms with Crippen LogP contribution >= 0.6 is 0 Å².